The van der Waals surface area contributed by atoms with E-state index in [-0.39, 0.29) is 11.3 Å². The molecule has 1 fully saturated rings. The number of rotatable bonds is 3. The molecule has 1 aromatic heterocycles. The van der Waals surface area contributed by atoms with E-state index >= 15 is 0 Å². The maximum atomic E-state index is 11.9. The van der Waals surface area contributed by atoms with Crippen molar-refractivity contribution in [1.82, 2.24) is 9.69 Å². The summed E-state index contributed by atoms with van der Waals surface area (Å²) < 4.78 is 4.09. The first-order chi connectivity index (χ1) is 8.95. The number of amides is 1. The van der Waals surface area contributed by atoms with Crippen LogP contribution in [-0.4, -0.2) is 23.4 Å². The van der Waals surface area contributed by atoms with Gasteiger partial charge in [-0.3, -0.25) is 4.79 Å². The molecular weight excluding hydrogens is 260 g/mol. The lowest BCUT2D eigenvalue weighted by Crippen LogP contribution is -2.39. The first kappa shape index (κ1) is 14.1. The molecule has 1 aliphatic rings. The molecule has 1 aromatic rings. The second-order valence-electron chi connectivity index (χ2n) is 5.78. The lowest BCUT2D eigenvalue weighted by Gasteiger charge is -2.39. The Kier molecular flexibility index (Phi) is 3.99. The highest BCUT2D eigenvalue weighted by Gasteiger charge is 2.33. The Hall–Kier alpha value is -1.30. The van der Waals surface area contributed by atoms with Crippen LogP contribution < -0.4 is 16.4 Å². The van der Waals surface area contributed by atoms with E-state index in [4.69, 9.17) is 5.73 Å². The van der Waals surface area contributed by atoms with Gasteiger partial charge in [-0.25, -0.2) is 0 Å². The van der Waals surface area contributed by atoms with Crippen molar-refractivity contribution in [2.45, 2.75) is 45.6 Å². The van der Waals surface area contributed by atoms with Crippen LogP contribution in [0.15, 0.2) is 0 Å². The molecule has 6 heteroatoms. The number of hydrogen-bond acceptors (Lipinski definition) is 5. The molecule has 1 unspecified atom stereocenters. The summed E-state index contributed by atoms with van der Waals surface area (Å²) in [6, 6.07) is 0.365. The zero-order valence-electron chi connectivity index (χ0n) is 11.7. The van der Waals surface area contributed by atoms with Crippen molar-refractivity contribution in [3.8, 4) is 0 Å². The highest BCUT2D eigenvalue weighted by molar-refractivity contribution is 7.11. The molecule has 1 heterocycles. The van der Waals surface area contributed by atoms with Gasteiger partial charge in [-0.2, -0.15) is 4.37 Å². The van der Waals surface area contributed by atoms with Gasteiger partial charge in [-0.05, 0) is 29.8 Å². The summed E-state index contributed by atoms with van der Waals surface area (Å²) in [6.07, 6.45) is 4.83. The number of aromatic nitrogens is 1. The fourth-order valence-electron chi connectivity index (χ4n) is 2.67. The zero-order valence-corrected chi connectivity index (χ0v) is 12.6. The average Bonchev–Trinajstić information content (AvgIpc) is 2.72. The van der Waals surface area contributed by atoms with Gasteiger partial charge in [-0.1, -0.05) is 26.7 Å². The molecule has 106 valence electrons. The molecule has 0 bridgehead atoms. The van der Waals surface area contributed by atoms with E-state index in [1.165, 1.54) is 30.8 Å². The van der Waals surface area contributed by atoms with E-state index in [0.29, 0.717) is 17.4 Å². The summed E-state index contributed by atoms with van der Waals surface area (Å²) in [4.78, 5) is 11.9. The van der Waals surface area contributed by atoms with Crippen molar-refractivity contribution in [3.05, 3.63) is 5.56 Å². The molecule has 1 saturated carbocycles. The van der Waals surface area contributed by atoms with E-state index in [1.54, 1.807) is 7.05 Å². The maximum absolute atomic E-state index is 11.9. The molecule has 0 saturated heterocycles. The molecule has 0 aromatic carbocycles. The molecule has 5 nitrogen and oxygen atoms in total. The Bertz CT molecular complexity index is 469. The molecule has 0 radical (unpaired) electrons. The van der Waals surface area contributed by atoms with E-state index in [2.05, 4.69) is 28.9 Å². The molecule has 1 amide bonds. The third kappa shape index (κ3) is 2.83. The van der Waals surface area contributed by atoms with Crippen LogP contribution in [0.4, 0.5) is 10.8 Å². The van der Waals surface area contributed by atoms with Crippen LogP contribution in [0.25, 0.3) is 0 Å². The Balaban J connectivity index is 2.21. The van der Waals surface area contributed by atoms with Gasteiger partial charge >= 0.3 is 0 Å². The van der Waals surface area contributed by atoms with E-state index < -0.39 is 0 Å². The van der Waals surface area contributed by atoms with Crippen LogP contribution >= 0.6 is 11.5 Å². The number of nitrogen functional groups attached to an aromatic ring is 1. The first-order valence-electron chi connectivity index (χ1n) is 6.69. The second kappa shape index (κ2) is 5.36. The van der Waals surface area contributed by atoms with E-state index in [0.717, 1.165) is 11.4 Å². The third-order valence-corrected chi connectivity index (χ3v) is 4.78. The van der Waals surface area contributed by atoms with Crippen LogP contribution in [0.2, 0.25) is 0 Å². The van der Waals surface area contributed by atoms with Crippen molar-refractivity contribution in [2.75, 3.05) is 18.1 Å². The largest absolute Gasteiger partial charge is 0.382 e. The van der Waals surface area contributed by atoms with Crippen molar-refractivity contribution < 1.29 is 4.79 Å². The summed E-state index contributed by atoms with van der Waals surface area (Å²) in [5, 5.41) is 6.89. The van der Waals surface area contributed by atoms with Gasteiger partial charge in [0.1, 0.15) is 10.6 Å². The summed E-state index contributed by atoms with van der Waals surface area (Å²) in [5.74, 6) is 0.128. The minimum atomic E-state index is -0.178. The predicted molar refractivity (Wildman–Crippen MR) is 79.6 cm³/mol. The van der Waals surface area contributed by atoms with Gasteiger partial charge in [0.15, 0.2) is 5.82 Å². The van der Waals surface area contributed by atoms with E-state index in [1.807, 2.05) is 0 Å². The minimum Gasteiger partial charge on any atom is -0.382 e. The quantitative estimate of drug-likeness (QED) is 0.795. The number of anilines is 2. The zero-order chi connectivity index (χ0) is 14.0. The van der Waals surface area contributed by atoms with Crippen LogP contribution in [-0.2, 0) is 0 Å². The smallest absolute Gasteiger partial charge is 0.257 e. The Morgan fingerprint density at radius 2 is 2.21 bits per heavy atom. The Morgan fingerprint density at radius 3 is 2.84 bits per heavy atom. The molecule has 0 aliphatic heterocycles. The van der Waals surface area contributed by atoms with Gasteiger partial charge in [0.25, 0.3) is 5.91 Å². The summed E-state index contributed by atoms with van der Waals surface area (Å²) in [6.45, 7) is 4.54. The fourth-order valence-corrected chi connectivity index (χ4v) is 3.43. The van der Waals surface area contributed by atoms with Gasteiger partial charge in [-0.15, -0.1) is 0 Å². The lowest BCUT2D eigenvalue weighted by atomic mass is 9.73. The highest BCUT2D eigenvalue weighted by atomic mass is 32.1. The third-order valence-electron chi connectivity index (χ3n) is 3.99. The molecule has 1 atom stereocenters. The molecule has 4 N–H and O–H groups in total. The topological polar surface area (TPSA) is 80.0 Å². The standard InChI is InChI=1S/C13H22N4OS/c1-13(2)7-5-4-6-8(13)16-12-9(11(18)15-3)10(14)17-19-12/h8,16H,4-7H2,1-3H3,(H2,14,17)(H,15,18). The number of carbonyl (C=O) groups is 1. The molecule has 0 spiro atoms. The number of hydrogen-bond donors (Lipinski definition) is 3. The van der Waals surface area contributed by atoms with Crippen molar-refractivity contribution in [3.63, 3.8) is 0 Å². The number of nitrogens with two attached hydrogens (primary N) is 1. The number of carbonyl (C=O) groups excluding carboxylic acids is 1. The monoisotopic (exact) mass is 282 g/mol. The molecule has 19 heavy (non-hydrogen) atoms. The summed E-state index contributed by atoms with van der Waals surface area (Å²) in [5.41, 5.74) is 6.50. The fraction of sp³-hybridized carbons (Fsp3) is 0.692. The average molecular weight is 282 g/mol. The summed E-state index contributed by atoms with van der Waals surface area (Å²) in [7, 11) is 1.60. The van der Waals surface area contributed by atoms with Gasteiger partial charge < -0.3 is 16.4 Å². The van der Waals surface area contributed by atoms with Crippen LogP contribution in [0.1, 0.15) is 49.9 Å². The van der Waals surface area contributed by atoms with Gasteiger partial charge in [0.05, 0.1) is 0 Å². The van der Waals surface area contributed by atoms with E-state index in [9.17, 15) is 4.79 Å². The molecular formula is C13H22N4OS. The number of nitrogens with one attached hydrogen (secondary N) is 2. The van der Waals surface area contributed by atoms with Crippen LogP contribution in [0.5, 0.6) is 0 Å². The normalized spacial score (nSPS) is 21.9. The highest BCUT2D eigenvalue weighted by Crippen LogP contribution is 2.39. The summed E-state index contributed by atoms with van der Waals surface area (Å²) >= 11 is 1.27. The second-order valence-corrected chi connectivity index (χ2v) is 6.56. The van der Waals surface area contributed by atoms with Crippen molar-refractivity contribution >= 4 is 28.3 Å². The molecule has 2 rings (SSSR count). The van der Waals surface area contributed by atoms with Crippen LogP contribution in [0, 0.1) is 5.41 Å². The number of nitrogens with zero attached hydrogens (tertiary/aromatic N) is 1. The van der Waals surface area contributed by atoms with Crippen molar-refractivity contribution in [1.29, 1.82) is 0 Å². The maximum Gasteiger partial charge on any atom is 0.257 e. The van der Waals surface area contributed by atoms with Crippen LogP contribution in [0.3, 0.4) is 0 Å². The predicted octanol–water partition coefficient (Wildman–Crippen LogP) is 2.47. The SMILES string of the molecule is CNC(=O)c1c(N)nsc1NC1CCCCC1(C)C. The van der Waals surface area contributed by atoms with Gasteiger partial charge in [0, 0.05) is 13.1 Å². The Morgan fingerprint density at radius 1 is 1.47 bits per heavy atom. The van der Waals surface area contributed by atoms with Gasteiger partial charge in [0.2, 0.25) is 0 Å². The Labute approximate surface area is 118 Å². The first-order valence-corrected chi connectivity index (χ1v) is 7.47. The minimum absolute atomic E-state index is 0.178. The van der Waals surface area contributed by atoms with Crippen molar-refractivity contribution in [2.24, 2.45) is 5.41 Å². The lowest BCUT2D eigenvalue weighted by molar-refractivity contribution is 0.0964. The molecule has 1 aliphatic carbocycles.